The van der Waals surface area contributed by atoms with E-state index in [0.29, 0.717) is 5.69 Å². The molecule has 0 unspecified atom stereocenters. The molecule has 0 aromatic heterocycles. The molecule has 112 valence electrons. The maximum atomic E-state index is 12.8. The second-order valence-corrected chi connectivity index (χ2v) is 4.63. The van der Waals surface area contributed by atoms with Crippen molar-refractivity contribution >= 4 is 29.7 Å². The molecule has 0 aliphatic heterocycles. The third-order valence-corrected chi connectivity index (χ3v) is 2.84. The molecule has 2 N–H and O–H groups in total. The van der Waals surface area contributed by atoms with Gasteiger partial charge in [-0.15, -0.1) is 0 Å². The predicted octanol–water partition coefficient (Wildman–Crippen LogP) is 3.41. The fourth-order valence-corrected chi connectivity index (χ4v) is 1.79. The molecule has 0 atom stereocenters. The van der Waals surface area contributed by atoms with Crippen molar-refractivity contribution in [2.45, 2.75) is 6.42 Å². The van der Waals surface area contributed by atoms with Crippen molar-refractivity contribution in [2.75, 3.05) is 5.32 Å². The van der Waals surface area contributed by atoms with Crippen molar-refractivity contribution in [3.05, 3.63) is 65.5 Å². The fourth-order valence-electron chi connectivity index (χ4n) is 1.79. The number of amides is 1. The number of carboxylic acid groups (broad SMARTS) is 1. The number of rotatable bonds is 5. The molecule has 5 heteroatoms. The van der Waals surface area contributed by atoms with Crippen LogP contribution in [-0.4, -0.2) is 17.0 Å². The van der Waals surface area contributed by atoms with E-state index in [9.17, 15) is 14.0 Å². The lowest BCUT2D eigenvalue weighted by atomic mass is 10.1. The lowest BCUT2D eigenvalue weighted by Gasteiger charge is -2.03. The minimum absolute atomic E-state index is 0.279. The van der Waals surface area contributed by atoms with Crippen LogP contribution in [0, 0.1) is 5.82 Å². The molecule has 0 saturated carbocycles. The lowest BCUT2D eigenvalue weighted by Crippen LogP contribution is -2.15. The van der Waals surface area contributed by atoms with Gasteiger partial charge < -0.3 is 10.4 Å². The van der Waals surface area contributed by atoms with Gasteiger partial charge in [-0.3, -0.25) is 9.59 Å². The summed E-state index contributed by atoms with van der Waals surface area (Å²) in [5, 5.41) is 11.0. The monoisotopic (exact) mass is 299 g/mol. The number of hydrogen-bond acceptors (Lipinski definition) is 2. The van der Waals surface area contributed by atoms with Crippen LogP contribution in [0.1, 0.15) is 17.5 Å². The summed E-state index contributed by atoms with van der Waals surface area (Å²) in [6.45, 7) is 0. The van der Waals surface area contributed by atoms with Crippen LogP contribution in [0.25, 0.3) is 12.2 Å². The summed E-state index contributed by atoms with van der Waals surface area (Å²) in [5.41, 5.74) is 2.31. The predicted molar refractivity (Wildman–Crippen MR) is 82.7 cm³/mol. The van der Waals surface area contributed by atoms with Gasteiger partial charge in [0.25, 0.3) is 0 Å². The third-order valence-electron chi connectivity index (χ3n) is 2.84. The fraction of sp³-hybridized carbons (Fsp3) is 0.0588. The van der Waals surface area contributed by atoms with Gasteiger partial charge in [0.2, 0.25) is 5.91 Å². The highest BCUT2D eigenvalue weighted by molar-refractivity contribution is 6.01. The van der Waals surface area contributed by atoms with E-state index in [1.54, 1.807) is 36.4 Å². The van der Waals surface area contributed by atoms with Crippen LogP contribution in [0.5, 0.6) is 0 Å². The van der Waals surface area contributed by atoms with E-state index >= 15 is 0 Å². The normalized spacial score (nSPS) is 10.6. The summed E-state index contributed by atoms with van der Waals surface area (Å²) in [7, 11) is 0. The number of carbonyl (C=O) groups is 2. The molecule has 0 aliphatic rings. The molecule has 1 amide bonds. The Kier molecular flexibility index (Phi) is 5.03. The number of nitrogens with one attached hydrogen (secondary N) is 1. The second kappa shape index (κ2) is 7.17. The summed E-state index contributed by atoms with van der Waals surface area (Å²) < 4.78 is 12.8. The van der Waals surface area contributed by atoms with Crippen molar-refractivity contribution < 1.29 is 19.1 Å². The molecule has 22 heavy (non-hydrogen) atoms. The Labute approximate surface area is 126 Å². The van der Waals surface area contributed by atoms with Gasteiger partial charge in [0, 0.05) is 5.69 Å². The van der Waals surface area contributed by atoms with Crippen LogP contribution < -0.4 is 5.32 Å². The summed E-state index contributed by atoms with van der Waals surface area (Å²) >= 11 is 0. The summed E-state index contributed by atoms with van der Waals surface area (Å²) in [6, 6.07) is 13.1. The maximum Gasteiger partial charge on any atom is 0.312 e. The molecule has 0 radical (unpaired) electrons. The van der Waals surface area contributed by atoms with Crippen molar-refractivity contribution in [3.63, 3.8) is 0 Å². The molecule has 2 aromatic carbocycles. The number of halogens is 1. The average molecular weight is 299 g/mol. The van der Waals surface area contributed by atoms with Gasteiger partial charge >= 0.3 is 5.97 Å². The Morgan fingerprint density at radius 3 is 1.95 bits per heavy atom. The first-order chi connectivity index (χ1) is 10.5. The molecule has 0 bridgehead atoms. The number of aliphatic carboxylic acids is 1. The van der Waals surface area contributed by atoms with E-state index in [-0.39, 0.29) is 5.82 Å². The van der Waals surface area contributed by atoms with Gasteiger partial charge in [-0.25, -0.2) is 4.39 Å². The largest absolute Gasteiger partial charge is 0.481 e. The summed E-state index contributed by atoms with van der Waals surface area (Å²) in [6.07, 6.45) is 3.14. The van der Waals surface area contributed by atoms with Gasteiger partial charge in [-0.05, 0) is 35.4 Å². The van der Waals surface area contributed by atoms with Crippen LogP contribution in [0.4, 0.5) is 10.1 Å². The number of benzene rings is 2. The first-order valence-electron chi connectivity index (χ1n) is 6.58. The number of hydrogen-bond donors (Lipinski definition) is 2. The Balaban J connectivity index is 1.98. The van der Waals surface area contributed by atoms with E-state index in [2.05, 4.69) is 5.32 Å². The SMILES string of the molecule is O=C(O)CC(=O)Nc1ccc(/C=C/c2ccc(F)cc2)cc1. The molecule has 2 rings (SSSR count). The maximum absolute atomic E-state index is 12.8. The van der Waals surface area contributed by atoms with Crippen LogP contribution >= 0.6 is 0 Å². The second-order valence-electron chi connectivity index (χ2n) is 4.63. The van der Waals surface area contributed by atoms with Gasteiger partial charge in [0.15, 0.2) is 0 Å². The van der Waals surface area contributed by atoms with Crippen molar-refractivity contribution in [2.24, 2.45) is 0 Å². The molecular weight excluding hydrogens is 285 g/mol. The standard InChI is InChI=1S/C17H14FNO3/c18-14-7-3-12(4-8-14)1-2-13-5-9-15(10-6-13)19-16(20)11-17(21)22/h1-10H,11H2,(H,19,20)(H,21,22)/b2-1+. The minimum atomic E-state index is -1.17. The molecule has 2 aromatic rings. The number of anilines is 1. The summed E-state index contributed by atoms with van der Waals surface area (Å²) in [5.74, 6) is -2.02. The molecule has 4 nitrogen and oxygen atoms in total. The van der Waals surface area contributed by atoms with Gasteiger partial charge in [-0.1, -0.05) is 36.4 Å². The summed E-state index contributed by atoms with van der Waals surface area (Å²) in [4.78, 5) is 21.7. The zero-order valence-electron chi connectivity index (χ0n) is 11.6. The van der Waals surface area contributed by atoms with Crippen LogP contribution in [-0.2, 0) is 9.59 Å². The first-order valence-corrected chi connectivity index (χ1v) is 6.58. The first kappa shape index (κ1) is 15.4. The number of carbonyl (C=O) groups excluding carboxylic acids is 1. The topological polar surface area (TPSA) is 66.4 Å². The van der Waals surface area contributed by atoms with Gasteiger partial charge in [0.1, 0.15) is 12.2 Å². The molecular formula is C17H14FNO3. The zero-order chi connectivity index (χ0) is 15.9. The Bertz CT molecular complexity index is 691. The third kappa shape index (κ3) is 4.86. The molecule has 0 fully saturated rings. The molecule has 0 aliphatic carbocycles. The zero-order valence-corrected chi connectivity index (χ0v) is 11.6. The van der Waals surface area contributed by atoms with Crippen molar-refractivity contribution in [1.82, 2.24) is 0 Å². The highest BCUT2D eigenvalue weighted by Gasteiger charge is 2.07. The van der Waals surface area contributed by atoms with E-state index in [1.165, 1.54) is 12.1 Å². The Morgan fingerprint density at radius 1 is 0.955 bits per heavy atom. The van der Waals surface area contributed by atoms with E-state index in [1.807, 2.05) is 12.2 Å². The van der Waals surface area contributed by atoms with Crippen molar-refractivity contribution in [3.8, 4) is 0 Å². The minimum Gasteiger partial charge on any atom is -0.481 e. The van der Waals surface area contributed by atoms with Gasteiger partial charge in [-0.2, -0.15) is 0 Å². The van der Waals surface area contributed by atoms with E-state index in [4.69, 9.17) is 5.11 Å². The van der Waals surface area contributed by atoms with Crippen LogP contribution in [0.15, 0.2) is 48.5 Å². The highest BCUT2D eigenvalue weighted by atomic mass is 19.1. The van der Waals surface area contributed by atoms with Gasteiger partial charge in [0.05, 0.1) is 0 Å². The van der Waals surface area contributed by atoms with Crippen LogP contribution in [0.3, 0.4) is 0 Å². The number of carboxylic acids is 1. The average Bonchev–Trinajstić information content (AvgIpc) is 2.47. The lowest BCUT2D eigenvalue weighted by molar-refractivity contribution is -0.139. The Hall–Kier alpha value is -2.95. The van der Waals surface area contributed by atoms with Crippen LogP contribution in [0.2, 0.25) is 0 Å². The van der Waals surface area contributed by atoms with E-state index in [0.717, 1.165) is 11.1 Å². The smallest absolute Gasteiger partial charge is 0.312 e. The highest BCUT2D eigenvalue weighted by Crippen LogP contribution is 2.13. The van der Waals surface area contributed by atoms with E-state index < -0.39 is 18.3 Å². The molecule has 0 spiro atoms. The van der Waals surface area contributed by atoms with Crippen molar-refractivity contribution in [1.29, 1.82) is 0 Å². The molecule has 0 saturated heterocycles. The quantitative estimate of drug-likeness (QED) is 0.657. The molecule has 0 heterocycles. The Morgan fingerprint density at radius 2 is 1.45 bits per heavy atom.